The molecule has 4 nitrogen and oxygen atoms in total. The molecule has 0 bridgehead atoms. The van der Waals surface area contributed by atoms with Gasteiger partial charge in [0.15, 0.2) is 0 Å². The van der Waals surface area contributed by atoms with Crippen LogP contribution < -0.4 is 11.1 Å². The molecule has 0 aliphatic rings. The second-order valence-electron chi connectivity index (χ2n) is 13.4. The summed E-state index contributed by atoms with van der Waals surface area (Å²) in [4.78, 5) is 5.33. The number of unbranched alkanes of at least 4 members (excludes halogenated alkanes) is 1. The number of hydrogen-bond donors (Lipinski definition) is 2. The summed E-state index contributed by atoms with van der Waals surface area (Å²) in [5, 5.41) is 3.21. The van der Waals surface area contributed by atoms with Crippen LogP contribution in [0, 0.1) is 12.8 Å². The molecular formula is C42H62N4. The van der Waals surface area contributed by atoms with Gasteiger partial charge in [-0.3, -0.25) is 9.80 Å². The van der Waals surface area contributed by atoms with Gasteiger partial charge in [-0.15, -0.1) is 0 Å². The summed E-state index contributed by atoms with van der Waals surface area (Å²) in [5.74, 6) is 0.620. The fourth-order valence-electron chi connectivity index (χ4n) is 6.48. The van der Waals surface area contributed by atoms with E-state index in [9.17, 15) is 0 Å². The molecule has 1 atom stereocenters. The van der Waals surface area contributed by atoms with Crippen LogP contribution in [0.25, 0.3) is 11.4 Å². The highest BCUT2D eigenvalue weighted by molar-refractivity contribution is 5.63. The van der Waals surface area contributed by atoms with Crippen molar-refractivity contribution in [1.82, 2.24) is 15.1 Å². The van der Waals surface area contributed by atoms with Crippen molar-refractivity contribution in [3.8, 4) is 0 Å². The number of benzene rings is 3. The van der Waals surface area contributed by atoms with Gasteiger partial charge in [-0.05, 0) is 135 Å². The lowest BCUT2D eigenvalue weighted by Crippen LogP contribution is -2.31. The minimum absolute atomic E-state index is 0.620. The molecule has 3 aromatic carbocycles. The molecule has 0 spiro atoms. The molecule has 4 heteroatoms. The maximum absolute atomic E-state index is 6.19. The SMILES string of the molecule is C=C(N)c1cc(CCC)cc(CN(CCCC(C)Cc2cc(C)cc(C(=C)NC)c2)CCCN(CCCC)Cc2ccccc2)c1. The molecular weight excluding hydrogens is 560 g/mol. The highest BCUT2D eigenvalue weighted by atomic mass is 15.1. The molecule has 1 unspecified atom stereocenters. The van der Waals surface area contributed by atoms with Crippen LogP contribution in [0.3, 0.4) is 0 Å². The standard InChI is InChI=1S/C42H62N4/c1-8-10-20-45(31-37-18-12-11-13-19-37)22-15-23-46(32-40-27-38(16-9-2)28-41(30-40)35(5)43)21-14-17-33(3)24-39-25-34(4)26-42(29-39)36(6)44-7/h11-13,18-19,25-30,33,44H,5-6,8-10,14-17,20-24,31-32,43H2,1-4,7H3. The second-order valence-corrected chi connectivity index (χ2v) is 13.4. The van der Waals surface area contributed by atoms with Crippen LogP contribution in [0.15, 0.2) is 79.9 Å². The lowest BCUT2D eigenvalue weighted by molar-refractivity contribution is 0.210. The summed E-state index contributed by atoms with van der Waals surface area (Å²) in [7, 11) is 1.94. The maximum Gasteiger partial charge on any atom is 0.0338 e. The fourth-order valence-corrected chi connectivity index (χ4v) is 6.48. The average Bonchev–Trinajstić information content (AvgIpc) is 3.03. The first-order chi connectivity index (χ1) is 22.2. The molecule has 250 valence electrons. The third-order valence-corrected chi connectivity index (χ3v) is 8.94. The number of nitrogens with one attached hydrogen (secondary N) is 1. The second kappa shape index (κ2) is 20.0. The topological polar surface area (TPSA) is 44.5 Å². The van der Waals surface area contributed by atoms with Crippen LogP contribution in [-0.2, 0) is 25.9 Å². The molecule has 3 rings (SSSR count). The molecule has 0 aliphatic heterocycles. The van der Waals surface area contributed by atoms with Gasteiger partial charge in [0.1, 0.15) is 0 Å². The van der Waals surface area contributed by atoms with Crippen molar-refractivity contribution in [2.45, 2.75) is 92.2 Å². The van der Waals surface area contributed by atoms with E-state index in [4.69, 9.17) is 5.73 Å². The largest absolute Gasteiger partial charge is 0.399 e. The first-order valence-corrected chi connectivity index (χ1v) is 17.7. The zero-order valence-electron chi connectivity index (χ0n) is 29.7. The van der Waals surface area contributed by atoms with E-state index < -0.39 is 0 Å². The van der Waals surface area contributed by atoms with E-state index in [1.165, 1.54) is 65.5 Å². The fraction of sp³-hybridized carbons (Fsp3) is 0.476. The van der Waals surface area contributed by atoms with E-state index in [0.717, 1.165) is 69.8 Å². The predicted octanol–water partition coefficient (Wildman–Crippen LogP) is 9.22. The zero-order valence-corrected chi connectivity index (χ0v) is 29.7. The summed E-state index contributed by atoms with van der Waals surface area (Å²) >= 11 is 0. The summed E-state index contributed by atoms with van der Waals surface area (Å²) < 4.78 is 0. The van der Waals surface area contributed by atoms with E-state index in [1.807, 2.05) is 7.05 Å². The molecule has 0 radical (unpaired) electrons. The van der Waals surface area contributed by atoms with Gasteiger partial charge in [-0.2, -0.15) is 0 Å². The van der Waals surface area contributed by atoms with Crippen molar-refractivity contribution in [1.29, 1.82) is 0 Å². The quantitative estimate of drug-likeness (QED) is 0.117. The van der Waals surface area contributed by atoms with Gasteiger partial charge in [0.05, 0.1) is 0 Å². The molecule has 0 aromatic heterocycles. The van der Waals surface area contributed by atoms with Gasteiger partial charge >= 0.3 is 0 Å². The van der Waals surface area contributed by atoms with E-state index in [0.29, 0.717) is 11.6 Å². The van der Waals surface area contributed by atoms with Gasteiger partial charge in [-0.1, -0.05) is 94.8 Å². The van der Waals surface area contributed by atoms with E-state index in [1.54, 1.807) is 0 Å². The molecule has 3 aromatic rings. The predicted molar refractivity (Wildman–Crippen MR) is 202 cm³/mol. The minimum atomic E-state index is 0.620. The maximum atomic E-state index is 6.19. The summed E-state index contributed by atoms with van der Waals surface area (Å²) in [6.45, 7) is 23.8. The van der Waals surface area contributed by atoms with Gasteiger partial charge in [-0.25, -0.2) is 0 Å². The molecule has 3 N–H and O–H groups in total. The number of aryl methyl sites for hydroxylation is 2. The molecule has 0 heterocycles. The van der Waals surface area contributed by atoms with Gasteiger partial charge in [0, 0.05) is 31.5 Å². The third kappa shape index (κ3) is 13.2. The van der Waals surface area contributed by atoms with Crippen LogP contribution in [0.5, 0.6) is 0 Å². The number of rotatable bonds is 22. The molecule has 0 saturated heterocycles. The Labute approximate surface area is 281 Å². The van der Waals surface area contributed by atoms with Gasteiger partial charge in [0.2, 0.25) is 0 Å². The first-order valence-electron chi connectivity index (χ1n) is 17.7. The van der Waals surface area contributed by atoms with Crippen molar-refractivity contribution in [3.05, 3.63) is 119 Å². The Balaban J connectivity index is 1.68. The van der Waals surface area contributed by atoms with Crippen LogP contribution in [0.2, 0.25) is 0 Å². The highest BCUT2D eigenvalue weighted by Crippen LogP contribution is 2.22. The first kappa shape index (κ1) is 37.1. The molecule has 46 heavy (non-hydrogen) atoms. The molecule has 0 amide bonds. The van der Waals surface area contributed by atoms with Crippen LogP contribution in [0.4, 0.5) is 0 Å². The molecule has 0 fully saturated rings. The molecule has 0 aliphatic carbocycles. The Kier molecular flexibility index (Phi) is 16.2. The number of nitrogens with two attached hydrogens (primary N) is 1. The van der Waals surface area contributed by atoms with Gasteiger partial charge < -0.3 is 11.1 Å². The normalized spacial score (nSPS) is 12.1. The Hall–Kier alpha value is -3.34. The third-order valence-electron chi connectivity index (χ3n) is 8.94. The van der Waals surface area contributed by atoms with E-state index in [-0.39, 0.29) is 0 Å². The Morgan fingerprint density at radius 3 is 2.02 bits per heavy atom. The van der Waals surface area contributed by atoms with Crippen LogP contribution in [0.1, 0.15) is 98.2 Å². The highest BCUT2D eigenvalue weighted by Gasteiger charge is 2.13. The van der Waals surface area contributed by atoms with Gasteiger partial charge in [0.25, 0.3) is 0 Å². The van der Waals surface area contributed by atoms with Crippen molar-refractivity contribution in [2.75, 3.05) is 33.2 Å². The van der Waals surface area contributed by atoms with Crippen molar-refractivity contribution in [2.24, 2.45) is 11.7 Å². The van der Waals surface area contributed by atoms with E-state index >= 15 is 0 Å². The van der Waals surface area contributed by atoms with E-state index in [2.05, 4.69) is 123 Å². The Morgan fingerprint density at radius 2 is 1.37 bits per heavy atom. The van der Waals surface area contributed by atoms with Crippen molar-refractivity contribution < 1.29 is 0 Å². The number of hydrogen-bond acceptors (Lipinski definition) is 4. The molecule has 0 saturated carbocycles. The van der Waals surface area contributed by atoms with Crippen molar-refractivity contribution >= 4 is 11.4 Å². The Morgan fingerprint density at radius 1 is 0.739 bits per heavy atom. The summed E-state index contributed by atoms with van der Waals surface area (Å²) in [5.41, 5.74) is 16.9. The average molecular weight is 623 g/mol. The monoisotopic (exact) mass is 622 g/mol. The lowest BCUT2D eigenvalue weighted by atomic mass is 9.93. The number of nitrogens with zero attached hydrogens (tertiary/aromatic N) is 2. The minimum Gasteiger partial charge on any atom is -0.399 e. The lowest BCUT2D eigenvalue weighted by Gasteiger charge is -2.27. The van der Waals surface area contributed by atoms with Crippen LogP contribution >= 0.6 is 0 Å². The zero-order chi connectivity index (χ0) is 33.3. The van der Waals surface area contributed by atoms with Crippen molar-refractivity contribution in [3.63, 3.8) is 0 Å². The summed E-state index contributed by atoms with van der Waals surface area (Å²) in [6.07, 6.45) is 9.34. The smallest absolute Gasteiger partial charge is 0.0338 e. The Bertz CT molecular complexity index is 1350. The summed E-state index contributed by atoms with van der Waals surface area (Å²) in [6, 6.07) is 24.7. The van der Waals surface area contributed by atoms with Crippen LogP contribution in [-0.4, -0.2) is 43.0 Å².